The standard InChI is InChI=1S/C7H15OSi/c1-7(2)5-8-6-9(3)4/h1,5-6H2,2-4H3. The molecule has 0 saturated heterocycles. The van der Waals surface area contributed by atoms with Gasteiger partial charge in [0.05, 0.1) is 15.4 Å². The van der Waals surface area contributed by atoms with E-state index in [2.05, 4.69) is 19.7 Å². The highest BCUT2D eigenvalue weighted by Gasteiger charge is 1.94. The molecule has 0 N–H and O–H groups in total. The molecule has 2 heteroatoms. The second kappa shape index (κ2) is 4.76. The lowest BCUT2D eigenvalue weighted by molar-refractivity contribution is 0.201. The molecular formula is C7H15OSi. The van der Waals surface area contributed by atoms with Crippen LogP contribution < -0.4 is 0 Å². The van der Waals surface area contributed by atoms with Gasteiger partial charge in [-0.3, -0.25) is 0 Å². The maximum absolute atomic E-state index is 5.30. The fourth-order valence-corrected chi connectivity index (χ4v) is 0.940. The van der Waals surface area contributed by atoms with Crippen LogP contribution in [0.4, 0.5) is 0 Å². The molecule has 0 aromatic heterocycles. The van der Waals surface area contributed by atoms with Crippen LogP contribution in [-0.2, 0) is 4.74 Å². The number of rotatable bonds is 4. The van der Waals surface area contributed by atoms with Crippen molar-refractivity contribution in [2.45, 2.75) is 20.0 Å². The van der Waals surface area contributed by atoms with E-state index in [1.807, 2.05) is 6.92 Å². The summed E-state index contributed by atoms with van der Waals surface area (Å²) in [6.45, 7) is 10.9. The highest BCUT2D eigenvalue weighted by molar-refractivity contribution is 6.55. The predicted octanol–water partition coefficient (Wildman–Crippen LogP) is 1.87. The van der Waals surface area contributed by atoms with Crippen LogP contribution in [0.2, 0.25) is 13.1 Å². The summed E-state index contributed by atoms with van der Waals surface area (Å²) in [7, 11) is -0.194. The molecule has 1 nitrogen and oxygen atoms in total. The molecule has 0 aromatic rings. The Kier molecular flexibility index (Phi) is 4.72. The molecule has 0 heterocycles. The highest BCUT2D eigenvalue weighted by atomic mass is 28.3. The average molecular weight is 143 g/mol. The molecule has 0 atom stereocenters. The van der Waals surface area contributed by atoms with E-state index < -0.39 is 0 Å². The molecule has 0 amide bonds. The number of ether oxygens (including phenoxy) is 1. The third-order valence-electron chi connectivity index (χ3n) is 0.739. The Morgan fingerprint density at radius 1 is 1.56 bits per heavy atom. The molecule has 0 aliphatic carbocycles. The maximum atomic E-state index is 5.30. The van der Waals surface area contributed by atoms with E-state index in [1.165, 1.54) is 0 Å². The number of hydrogen-bond acceptors (Lipinski definition) is 1. The van der Waals surface area contributed by atoms with Gasteiger partial charge in [0.25, 0.3) is 0 Å². The van der Waals surface area contributed by atoms with Crippen molar-refractivity contribution in [1.82, 2.24) is 0 Å². The third kappa shape index (κ3) is 7.92. The largest absolute Gasteiger partial charge is 0.381 e. The minimum absolute atomic E-state index is 0.194. The Hall–Kier alpha value is -0.0831. The van der Waals surface area contributed by atoms with Crippen LogP contribution in [0.5, 0.6) is 0 Å². The molecule has 0 rings (SSSR count). The zero-order valence-electron chi connectivity index (χ0n) is 6.53. The van der Waals surface area contributed by atoms with Gasteiger partial charge in [-0.1, -0.05) is 25.2 Å². The predicted molar refractivity (Wildman–Crippen MR) is 43.1 cm³/mol. The second-order valence-corrected chi connectivity index (χ2v) is 5.36. The lowest BCUT2D eigenvalue weighted by atomic mass is 10.4. The van der Waals surface area contributed by atoms with Crippen molar-refractivity contribution in [2.75, 3.05) is 12.8 Å². The third-order valence-corrected chi connectivity index (χ3v) is 1.52. The Balaban J connectivity index is 3.01. The van der Waals surface area contributed by atoms with Crippen LogP contribution in [-0.4, -0.2) is 21.6 Å². The van der Waals surface area contributed by atoms with Crippen molar-refractivity contribution in [2.24, 2.45) is 0 Å². The second-order valence-electron chi connectivity index (χ2n) is 2.66. The summed E-state index contributed by atoms with van der Waals surface area (Å²) in [5.74, 6) is 0. The van der Waals surface area contributed by atoms with Gasteiger partial charge in [0.2, 0.25) is 0 Å². The van der Waals surface area contributed by atoms with E-state index in [1.54, 1.807) is 0 Å². The lowest BCUT2D eigenvalue weighted by Gasteiger charge is -2.03. The van der Waals surface area contributed by atoms with Crippen LogP contribution in [0.25, 0.3) is 0 Å². The first kappa shape index (κ1) is 8.92. The molecule has 0 aromatic carbocycles. The summed E-state index contributed by atoms with van der Waals surface area (Å²) in [6, 6.07) is 0. The lowest BCUT2D eigenvalue weighted by Crippen LogP contribution is -2.12. The molecule has 0 aliphatic rings. The molecular weight excluding hydrogens is 128 g/mol. The Morgan fingerprint density at radius 2 is 2.11 bits per heavy atom. The SMILES string of the molecule is C=C(C)COC[Si](C)C. The molecule has 0 unspecified atom stereocenters. The van der Waals surface area contributed by atoms with E-state index in [-0.39, 0.29) is 8.80 Å². The van der Waals surface area contributed by atoms with Crippen molar-refractivity contribution < 1.29 is 4.74 Å². The monoisotopic (exact) mass is 143 g/mol. The minimum Gasteiger partial charge on any atom is -0.381 e. The molecule has 0 aliphatic heterocycles. The van der Waals surface area contributed by atoms with Gasteiger partial charge in [0, 0.05) is 6.23 Å². The van der Waals surface area contributed by atoms with E-state index in [9.17, 15) is 0 Å². The molecule has 0 spiro atoms. The first-order chi connectivity index (χ1) is 4.13. The van der Waals surface area contributed by atoms with Gasteiger partial charge in [0.1, 0.15) is 0 Å². The Bertz CT molecular complexity index is 88.9. The molecule has 1 radical (unpaired) electrons. The first-order valence-electron chi connectivity index (χ1n) is 3.14. The van der Waals surface area contributed by atoms with Gasteiger partial charge in [-0.2, -0.15) is 0 Å². The van der Waals surface area contributed by atoms with E-state index >= 15 is 0 Å². The molecule has 0 saturated carbocycles. The van der Waals surface area contributed by atoms with Gasteiger partial charge >= 0.3 is 0 Å². The van der Waals surface area contributed by atoms with Crippen molar-refractivity contribution >= 4 is 8.80 Å². The summed E-state index contributed by atoms with van der Waals surface area (Å²) in [6.07, 6.45) is 0.942. The fourth-order valence-electron chi connectivity index (χ4n) is 0.429. The van der Waals surface area contributed by atoms with Crippen LogP contribution in [0.15, 0.2) is 12.2 Å². The topological polar surface area (TPSA) is 9.23 Å². The Morgan fingerprint density at radius 3 is 2.44 bits per heavy atom. The highest BCUT2D eigenvalue weighted by Crippen LogP contribution is 1.89. The van der Waals surface area contributed by atoms with E-state index in [0.717, 1.165) is 18.4 Å². The number of hydrogen-bond donors (Lipinski definition) is 0. The van der Waals surface area contributed by atoms with Crippen molar-refractivity contribution in [3.63, 3.8) is 0 Å². The summed E-state index contributed by atoms with van der Waals surface area (Å²) < 4.78 is 5.30. The summed E-state index contributed by atoms with van der Waals surface area (Å²) in [5.41, 5.74) is 1.11. The molecule has 9 heavy (non-hydrogen) atoms. The molecule has 53 valence electrons. The molecule has 0 fully saturated rings. The zero-order chi connectivity index (χ0) is 7.28. The van der Waals surface area contributed by atoms with Crippen LogP contribution in [0.1, 0.15) is 6.92 Å². The fraction of sp³-hybridized carbons (Fsp3) is 0.714. The van der Waals surface area contributed by atoms with Gasteiger partial charge in [-0.15, -0.1) is 0 Å². The summed E-state index contributed by atoms with van der Waals surface area (Å²) >= 11 is 0. The summed E-state index contributed by atoms with van der Waals surface area (Å²) in [5, 5.41) is 0. The minimum atomic E-state index is -0.194. The first-order valence-corrected chi connectivity index (χ1v) is 5.85. The smallest absolute Gasteiger partial charge is 0.0741 e. The van der Waals surface area contributed by atoms with Crippen LogP contribution >= 0.6 is 0 Å². The van der Waals surface area contributed by atoms with Crippen molar-refractivity contribution in [3.05, 3.63) is 12.2 Å². The molecule has 0 bridgehead atoms. The maximum Gasteiger partial charge on any atom is 0.0741 e. The van der Waals surface area contributed by atoms with Gasteiger partial charge < -0.3 is 4.74 Å². The Labute approximate surface area is 59.3 Å². The van der Waals surface area contributed by atoms with Gasteiger partial charge in [0.15, 0.2) is 0 Å². The van der Waals surface area contributed by atoms with Crippen molar-refractivity contribution in [3.8, 4) is 0 Å². The van der Waals surface area contributed by atoms with Crippen LogP contribution in [0.3, 0.4) is 0 Å². The normalized spacial score (nSPS) is 10.2. The van der Waals surface area contributed by atoms with E-state index in [0.29, 0.717) is 0 Å². The quantitative estimate of drug-likeness (QED) is 0.431. The average Bonchev–Trinajstić information content (AvgIpc) is 1.63. The van der Waals surface area contributed by atoms with Crippen LogP contribution in [0, 0.1) is 0 Å². The van der Waals surface area contributed by atoms with E-state index in [4.69, 9.17) is 4.74 Å². The van der Waals surface area contributed by atoms with Gasteiger partial charge in [-0.05, 0) is 6.92 Å². The van der Waals surface area contributed by atoms with Gasteiger partial charge in [-0.25, -0.2) is 0 Å². The van der Waals surface area contributed by atoms with Crippen molar-refractivity contribution in [1.29, 1.82) is 0 Å². The summed E-state index contributed by atoms with van der Waals surface area (Å²) in [4.78, 5) is 0. The zero-order valence-corrected chi connectivity index (χ0v) is 7.53.